The van der Waals surface area contributed by atoms with Crippen molar-refractivity contribution in [3.63, 3.8) is 0 Å². The summed E-state index contributed by atoms with van der Waals surface area (Å²) in [5.74, 6) is -0.194. The van der Waals surface area contributed by atoms with Gasteiger partial charge < -0.3 is 9.64 Å². The maximum absolute atomic E-state index is 12.1. The Morgan fingerprint density at radius 3 is 3.00 bits per heavy atom. The first-order valence-electron chi connectivity index (χ1n) is 7.98. The van der Waals surface area contributed by atoms with Crippen molar-refractivity contribution in [1.82, 2.24) is 10.4 Å². The summed E-state index contributed by atoms with van der Waals surface area (Å²) in [6.45, 7) is 4.93. The fourth-order valence-corrected chi connectivity index (χ4v) is 3.48. The smallest absolute Gasteiger partial charge is 0.246 e. The van der Waals surface area contributed by atoms with E-state index in [9.17, 15) is 4.79 Å². The van der Waals surface area contributed by atoms with Gasteiger partial charge in [-0.1, -0.05) is 23.7 Å². The van der Waals surface area contributed by atoms with Crippen LogP contribution in [0.15, 0.2) is 34.7 Å². The summed E-state index contributed by atoms with van der Waals surface area (Å²) >= 11 is 7.51. The summed E-state index contributed by atoms with van der Waals surface area (Å²) in [6, 6.07) is 7.35. The van der Waals surface area contributed by atoms with Crippen LogP contribution >= 0.6 is 22.9 Å². The van der Waals surface area contributed by atoms with E-state index >= 15 is 0 Å². The number of anilines is 1. The largest absolute Gasteiger partial charge is 0.378 e. The van der Waals surface area contributed by atoms with E-state index in [0.717, 1.165) is 29.5 Å². The van der Waals surface area contributed by atoms with Crippen molar-refractivity contribution in [2.24, 2.45) is 5.10 Å². The molecule has 1 aromatic heterocycles. The molecule has 1 amide bonds. The molecule has 25 heavy (non-hydrogen) atoms. The van der Waals surface area contributed by atoms with E-state index in [-0.39, 0.29) is 12.3 Å². The Hall–Kier alpha value is -1.96. The van der Waals surface area contributed by atoms with E-state index < -0.39 is 0 Å². The molecule has 1 aromatic carbocycles. The molecule has 0 saturated carbocycles. The lowest BCUT2D eigenvalue weighted by molar-refractivity contribution is -0.120. The zero-order valence-corrected chi connectivity index (χ0v) is 15.4. The normalized spacial score (nSPS) is 15.3. The first kappa shape index (κ1) is 17.8. The zero-order chi connectivity index (χ0) is 17.6. The number of thiazole rings is 1. The summed E-state index contributed by atoms with van der Waals surface area (Å²) in [4.78, 5) is 18.8. The molecule has 0 radical (unpaired) electrons. The standard InChI is InChI=1S/C17H19ClN4O2S/c1-12(13-3-2-4-14(18)9-13)20-21-16(23)10-15-11-25-17(19-15)22-5-7-24-8-6-22/h2-4,9,11H,5-8,10H2,1H3,(H,21,23)/b20-12-. The first-order chi connectivity index (χ1) is 12.1. The molecule has 0 unspecified atom stereocenters. The van der Waals surface area contributed by atoms with Crippen LogP contribution in [0.1, 0.15) is 18.2 Å². The van der Waals surface area contributed by atoms with Gasteiger partial charge in [-0.2, -0.15) is 5.10 Å². The molecule has 1 aliphatic heterocycles. The van der Waals surface area contributed by atoms with Gasteiger partial charge in [0.2, 0.25) is 5.91 Å². The van der Waals surface area contributed by atoms with Gasteiger partial charge in [0.1, 0.15) is 0 Å². The van der Waals surface area contributed by atoms with Crippen LogP contribution in [-0.2, 0) is 16.0 Å². The molecule has 1 fully saturated rings. The number of hydrogen-bond donors (Lipinski definition) is 1. The lowest BCUT2D eigenvalue weighted by Gasteiger charge is -2.26. The molecule has 0 atom stereocenters. The Morgan fingerprint density at radius 1 is 1.44 bits per heavy atom. The molecule has 0 spiro atoms. The van der Waals surface area contributed by atoms with Crippen LogP contribution in [0.25, 0.3) is 0 Å². The van der Waals surface area contributed by atoms with E-state index in [1.165, 1.54) is 0 Å². The summed E-state index contributed by atoms with van der Waals surface area (Å²) in [5.41, 5.74) is 4.89. The van der Waals surface area contributed by atoms with Crippen LogP contribution < -0.4 is 10.3 Å². The van der Waals surface area contributed by atoms with E-state index in [2.05, 4.69) is 20.4 Å². The predicted molar refractivity (Wildman–Crippen MR) is 101 cm³/mol. The molecule has 8 heteroatoms. The first-order valence-corrected chi connectivity index (χ1v) is 9.24. The predicted octanol–water partition coefficient (Wildman–Crippen LogP) is 2.72. The third-order valence-corrected chi connectivity index (χ3v) is 4.94. The second kappa shape index (κ2) is 8.42. The second-order valence-corrected chi connectivity index (χ2v) is 6.91. The highest BCUT2D eigenvalue weighted by molar-refractivity contribution is 7.13. The van der Waals surface area contributed by atoms with Crippen LogP contribution in [0.5, 0.6) is 0 Å². The maximum Gasteiger partial charge on any atom is 0.246 e. The van der Waals surface area contributed by atoms with E-state index in [4.69, 9.17) is 16.3 Å². The van der Waals surface area contributed by atoms with Gasteiger partial charge in [-0.25, -0.2) is 10.4 Å². The average molecular weight is 379 g/mol. The third kappa shape index (κ3) is 5.01. The maximum atomic E-state index is 12.1. The minimum Gasteiger partial charge on any atom is -0.378 e. The molecule has 1 aliphatic rings. The SMILES string of the molecule is C/C(=N/NC(=O)Cc1csc(N2CCOCC2)n1)c1cccc(Cl)c1. The summed E-state index contributed by atoms with van der Waals surface area (Å²) < 4.78 is 5.34. The van der Waals surface area contributed by atoms with Crippen LogP contribution in [0.3, 0.4) is 0 Å². The lowest BCUT2D eigenvalue weighted by Crippen LogP contribution is -2.36. The van der Waals surface area contributed by atoms with Crippen molar-refractivity contribution in [1.29, 1.82) is 0 Å². The molecule has 0 aliphatic carbocycles. The second-order valence-electron chi connectivity index (χ2n) is 5.64. The van der Waals surface area contributed by atoms with Crippen molar-refractivity contribution >= 4 is 39.7 Å². The number of aromatic nitrogens is 1. The van der Waals surface area contributed by atoms with Gasteiger partial charge in [0.05, 0.1) is 31.0 Å². The van der Waals surface area contributed by atoms with Crippen LogP contribution in [0.4, 0.5) is 5.13 Å². The summed E-state index contributed by atoms with van der Waals surface area (Å²) in [6.07, 6.45) is 0.202. The van der Waals surface area contributed by atoms with Gasteiger partial charge in [-0.05, 0) is 24.6 Å². The number of benzene rings is 1. The van der Waals surface area contributed by atoms with Crippen LogP contribution in [0.2, 0.25) is 5.02 Å². The van der Waals surface area contributed by atoms with Gasteiger partial charge >= 0.3 is 0 Å². The van der Waals surface area contributed by atoms with Crippen molar-refractivity contribution in [3.05, 3.63) is 45.9 Å². The number of ether oxygens (including phenoxy) is 1. The third-order valence-electron chi connectivity index (χ3n) is 3.75. The highest BCUT2D eigenvalue weighted by atomic mass is 35.5. The molecule has 6 nitrogen and oxygen atoms in total. The molecule has 132 valence electrons. The quantitative estimate of drug-likeness (QED) is 0.641. The summed E-state index contributed by atoms with van der Waals surface area (Å²) in [5, 5.41) is 7.62. The van der Waals surface area contributed by atoms with Gasteiger partial charge in [-0.3, -0.25) is 4.79 Å². The topological polar surface area (TPSA) is 66.8 Å². The number of hydrazone groups is 1. The van der Waals surface area contributed by atoms with Crippen molar-refractivity contribution in [3.8, 4) is 0 Å². The number of morpholine rings is 1. The molecular weight excluding hydrogens is 360 g/mol. The Morgan fingerprint density at radius 2 is 2.24 bits per heavy atom. The fourth-order valence-electron chi connectivity index (χ4n) is 2.41. The van der Waals surface area contributed by atoms with Gasteiger partial charge in [0, 0.05) is 23.5 Å². The van der Waals surface area contributed by atoms with E-state index in [0.29, 0.717) is 23.9 Å². The van der Waals surface area contributed by atoms with E-state index in [1.54, 1.807) is 17.4 Å². The molecule has 1 N–H and O–H groups in total. The van der Waals surface area contributed by atoms with Crippen LogP contribution in [0, 0.1) is 0 Å². The number of nitrogens with one attached hydrogen (secondary N) is 1. The Kier molecular flexibility index (Phi) is 6.01. The van der Waals surface area contributed by atoms with E-state index in [1.807, 2.05) is 30.5 Å². The number of hydrogen-bond acceptors (Lipinski definition) is 6. The Labute approximate surface area is 155 Å². The number of rotatable bonds is 5. The van der Waals surface area contributed by atoms with Crippen molar-refractivity contribution in [2.45, 2.75) is 13.3 Å². The molecular formula is C17H19ClN4O2S. The highest BCUT2D eigenvalue weighted by Gasteiger charge is 2.15. The monoisotopic (exact) mass is 378 g/mol. The summed E-state index contributed by atoms with van der Waals surface area (Å²) in [7, 11) is 0. The van der Waals surface area contributed by atoms with Gasteiger partial charge in [0.25, 0.3) is 0 Å². The van der Waals surface area contributed by atoms with Crippen LogP contribution in [-0.4, -0.2) is 42.9 Å². The average Bonchev–Trinajstić information content (AvgIpc) is 3.09. The Bertz CT molecular complexity index is 772. The number of nitrogens with zero attached hydrogens (tertiary/aromatic N) is 3. The van der Waals surface area contributed by atoms with Crippen molar-refractivity contribution in [2.75, 3.05) is 31.2 Å². The number of halogens is 1. The van der Waals surface area contributed by atoms with Gasteiger partial charge in [-0.15, -0.1) is 11.3 Å². The number of carbonyl (C=O) groups is 1. The lowest BCUT2D eigenvalue weighted by atomic mass is 10.1. The molecule has 0 bridgehead atoms. The molecule has 2 aromatic rings. The number of carbonyl (C=O) groups excluding carboxylic acids is 1. The molecule has 1 saturated heterocycles. The molecule has 2 heterocycles. The molecule has 3 rings (SSSR count). The fraction of sp³-hybridized carbons (Fsp3) is 0.353. The Balaban J connectivity index is 1.55. The van der Waals surface area contributed by atoms with Crippen molar-refractivity contribution < 1.29 is 9.53 Å². The minimum atomic E-state index is -0.194. The zero-order valence-electron chi connectivity index (χ0n) is 13.9. The highest BCUT2D eigenvalue weighted by Crippen LogP contribution is 2.21. The van der Waals surface area contributed by atoms with Gasteiger partial charge in [0.15, 0.2) is 5.13 Å². The minimum absolute atomic E-state index is 0.194. The number of amides is 1.